The molecule has 3 atom stereocenters. The van der Waals surface area contributed by atoms with Crippen molar-refractivity contribution in [2.75, 3.05) is 13.2 Å². The Hall–Kier alpha value is -0.0800. The van der Waals surface area contributed by atoms with Crippen LogP contribution in [-0.2, 0) is 4.74 Å². The van der Waals surface area contributed by atoms with Crippen LogP contribution >= 0.6 is 0 Å². The Morgan fingerprint density at radius 2 is 2.00 bits per heavy atom. The lowest BCUT2D eigenvalue weighted by Gasteiger charge is -2.36. The summed E-state index contributed by atoms with van der Waals surface area (Å²) in [5, 5.41) is 0. The SMILES string of the molecule is CCCOCCC1CC(C(C)C)CCC1N. The molecule has 0 aromatic rings. The summed E-state index contributed by atoms with van der Waals surface area (Å²) in [6.07, 6.45) is 6.12. The maximum atomic E-state index is 6.20. The number of ether oxygens (including phenoxy) is 1. The van der Waals surface area contributed by atoms with Crippen molar-refractivity contribution in [3.05, 3.63) is 0 Å². The van der Waals surface area contributed by atoms with E-state index in [0.29, 0.717) is 12.0 Å². The second-order valence-electron chi connectivity index (χ2n) is 5.64. The van der Waals surface area contributed by atoms with E-state index in [1.807, 2.05) is 0 Å². The molecule has 1 fully saturated rings. The minimum atomic E-state index is 0.417. The number of rotatable bonds is 6. The van der Waals surface area contributed by atoms with Crippen molar-refractivity contribution in [1.29, 1.82) is 0 Å². The second kappa shape index (κ2) is 7.29. The van der Waals surface area contributed by atoms with Crippen molar-refractivity contribution in [2.24, 2.45) is 23.5 Å². The number of nitrogens with two attached hydrogens (primary N) is 1. The molecule has 2 N–H and O–H groups in total. The molecule has 0 amide bonds. The first-order valence-corrected chi connectivity index (χ1v) is 6.98. The van der Waals surface area contributed by atoms with Gasteiger partial charge in [0.25, 0.3) is 0 Å². The van der Waals surface area contributed by atoms with Gasteiger partial charge in [-0.2, -0.15) is 0 Å². The normalized spacial score (nSPS) is 30.9. The van der Waals surface area contributed by atoms with E-state index in [1.54, 1.807) is 0 Å². The van der Waals surface area contributed by atoms with Gasteiger partial charge in [0.2, 0.25) is 0 Å². The molecular formula is C14H29NO. The van der Waals surface area contributed by atoms with Gasteiger partial charge in [0.15, 0.2) is 0 Å². The van der Waals surface area contributed by atoms with Gasteiger partial charge < -0.3 is 10.5 Å². The predicted octanol–water partition coefficient (Wildman–Crippen LogP) is 3.20. The predicted molar refractivity (Wildman–Crippen MR) is 69.4 cm³/mol. The third-order valence-electron chi connectivity index (χ3n) is 4.01. The Morgan fingerprint density at radius 1 is 1.25 bits per heavy atom. The van der Waals surface area contributed by atoms with Crippen LogP contribution in [-0.4, -0.2) is 19.3 Å². The average Bonchev–Trinajstić information content (AvgIpc) is 2.26. The standard InChI is InChI=1S/C14H29NO/c1-4-8-16-9-7-13-10-12(11(2)3)5-6-14(13)15/h11-14H,4-10,15H2,1-3H3. The minimum absolute atomic E-state index is 0.417. The molecule has 2 nitrogen and oxygen atoms in total. The van der Waals surface area contributed by atoms with Crippen LogP contribution in [0.4, 0.5) is 0 Å². The lowest BCUT2D eigenvalue weighted by molar-refractivity contribution is 0.0965. The van der Waals surface area contributed by atoms with Gasteiger partial charge in [-0.3, -0.25) is 0 Å². The van der Waals surface area contributed by atoms with Crippen molar-refractivity contribution in [3.63, 3.8) is 0 Å². The highest BCUT2D eigenvalue weighted by molar-refractivity contribution is 4.83. The molecule has 1 rings (SSSR count). The molecule has 1 saturated carbocycles. The molecule has 1 aliphatic carbocycles. The average molecular weight is 227 g/mol. The Bertz CT molecular complexity index is 182. The fourth-order valence-corrected chi connectivity index (χ4v) is 2.74. The molecule has 1 aliphatic rings. The summed E-state index contributed by atoms with van der Waals surface area (Å²) in [4.78, 5) is 0. The van der Waals surface area contributed by atoms with Crippen LogP contribution in [0.25, 0.3) is 0 Å². The topological polar surface area (TPSA) is 35.2 Å². The molecule has 0 saturated heterocycles. The van der Waals surface area contributed by atoms with Crippen molar-refractivity contribution in [1.82, 2.24) is 0 Å². The zero-order valence-electron chi connectivity index (χ0n) is 11.2. The first kappa shape index (κ1) is 14.0. The van der Waals surface area contributed by atoms with Crippen LogP contribution in [0.3, 0.4) is 0 Å². The molecular weight excluding hydrogens is 198 g/mol. The highest BCUT2D eigenvalue weighted by Crippen LogP contribution is 2.34. The smallest absolute Gasteiger partial charge is 0.0469 e. The zero-order chi connectivity index (χ0) is 12.0. The van der Waals surface area contributed by atoms with Gasteiger partial charge in [-0.05, 0) is 49.9 Å². The second-order valence-corrected chi connectivity index (χ2v) is 5.64. The summed E-state index contributed by atoms with van der Waals surface area (Å²) in [7, 11) is 0. The van der Waals surface area contributed by atoms with Crippen LogP contribution in [0, 0.1) is 17.8 Å². The van der Waals surface area contributed by atoms with Crippen LogP contribution in [0.1, 0.15) is 52.9 Å². The molecule has 0 aliphatic heterocycles. The van der Waals surface area contributed by atoms with Crippen LogP contribution in [0.15, 0.2) is 0 Å². The number of hydrogen-bond acceptors (Lipinski definition) is 2. The maximum Gasteiger partial charge on any atom is 0.0469 e. The van der Waals surface area contributed by atoms with Gasteiger partial charge in [0, 0.05) is 19.3 Å². The van der Waals surface area contributed by atoms with Crippen LogP contribution in [0.2, 0.25) is 0 Å². The molecule has 0 bridgehead atoms. The maximum absolute atomic E-state index is 6.20. The van der Waals surface area contributed by atoms with Gasteiger partial charge in [-0.1, -0.05) is 20.8 Å². The third-order valence-corrected chi connectivity index (χ3v) is 4.01. The Balaban J connectivity index is 2.26. The van der Waals surface area contributed by atoms with E-state index in [1.165, 1.54) is 19.3 Å². The van der Waals surface area contributed by atoms with E-state index in [-0.39, 0.29) is 0 Å². The Morgan fingerprint density at radius 3 is 2.62 bits per heavy atom. The van der Waals surface area contributed by atoms with Crippen LogP contribution in [0.5, 0.6) is 0 Å². The summed E-state index contributed by atoms with van der Waals surface area (Å²) in [6.45, 7) is 8.63. The zero-order valence-corrected chi connectivity index (χ0v) is 11.2. The summed E-state index contributed by atoms with van der Waals surface area (Å²) >= 11 is 0. The van der Waals surface area contributed by atoms with Gasteiger partial charge in [-0.25, -0.2) is 0 Å². The molecule has 0 radical (unpaired) electrons. The van der Waals surface area contributed by atoms with Gasteiger partial charge in [-0.15, -0.1) is 0 Å². The lowest BCUT2D eigenvalue weighted by Crippen LogP contribution is -2.38. The fourth-order valence-electron chi connectivity index (χ4n) is 2.74. The minimum Gasteiger partial charge on any atom is -0.381 e. The van der Waals surface area contributed by atoms with Crippen molar-refractivity contribution < 1.29 is 4.74 Å². The summed E-state index contributed by atoms with van der Waals surface area (Å²) in [5.74, 6) is 2.39. The quantitative estimate of drug-likeness (QED) is 0.707. The van der Waals surface area contributed by atoms with Gasteiger partial charge in [0.1, 0.15) is 0 Å². The summed E-state index contributed by atoms with van der Waals surface area (Å²) < 4.78 is 5.57. The highest BCUT2D eigenvalue weighted by atomic mass is 16.5. The molecule has 0 aromatic carbocycles. The molecule has 3 unspecified atom stereocenters. The first-order valence-electron chi connectivity index (χ1n) is 6.98. The van der Waals surface area contributed by atoms with Gasteiger partial charge in [0.05, 0.1) is 0 Å². The molecule has 96 valence electrons. The van der Waals surface area contributed by atoms with E-state index in [2.05, 4.69) is 20.8 Å². The number of hydrogen-bond donors (Lipinski definition) is 1. The van der Waals surface area contributed by atoms with E-state index >= 15 is 0 Å². The van der Waals surface area contributed by atoms with Crippen molar-refractivity contribution >= 4 is 0 Å². The fraction of sp³-hybridized carbons (Fsp3) is 1.00. The summed E-state index contributed by atoms with van der Waals surface area (Å²) in [6, 6.07) is 0.417. The van der Waals surface area contributed by atoms with E-state index in [0.717, 1.165) is 37.9 Å². The molecule has 0 heterocycles. The highest BCUT2D eigenvalue weighted by Gasteiger charge is 2.29. The van der Waals surface area contributed by atoms with Gasteiger partial charge >= 0.3 is 0 Å². The first-order chi connectivity index (χ1) is 7.65. The molecule has 2 heteroatoms. The largest absolute Gasteiger partial charge is 0.381 e. The molecule has 16 heavy (non-hydrogen) atoms. The lowest BCUT2D eigenvalue weighted by atomic mass is 9.73. The van der Waals surface area contributed by atoms with Crippen molar-refractivity contribution in [3.8, 4) is 0 Å². The monoisotopic (exact) mass is 227 g/mol. The molecule has 0 spiro atoms. The van der Waals surface area contributed by atoms with E-state index in [4.69, 9.17) is 10.5 Å². The Kier molecular flexibility index (Phi) is 6.37. The summed E-state index contributed by atoms with van der Waals surface area (Å²) in [5.41, 5.74) is 6.20. The van der Waals surface area contributed by atoms with Crippen LogP contribution < -0.4 is 5.73 Å². The van der Waals surface area contributed by atoms with Crippen molar-refractivity contribution in [2.45, 2.75) is 58.9 Å². The third kappa shape index (κ3) is 4.42. The molecule has 0 aromatic heterocycles. The van der Waals surface area contributed by atoms with E-state index in [9.17, 15) is 0 Å². The Labute approximate surface area is 101 Å². The van der Waals surface area contributed by atoms with E-state index < -0.39 is 0 Å².